The first kappa shape index (κ1) is 19.9. The molecular formula is C24H31N3O2. The average Bonchev–Trinajstić information content (AvgIpc) is 3.13. The van der Waals surface area contributed by atoms with E-state index in [9.17, 15) is 9.59 Å². The second-order valence-electron chi connectivity index (χ2n) is 8.02. The number of benzene rings is 1. The third-order valence-corrected chi connectivity index (χ3v) is 6.61. The molecule has 0 bridgehead atoms. The molecule has 2 aliphatic rings. The highest BCUT2D eigenvalue weighted by Crippen LogP contribution is 2.42. The molecule has 1 amide bonds. The van der Waals surface area contributed by atoms with Crippen molar-refractivity contribution in [1.82, 2.24) is 14.4 Å². The Balaban J connectivity index is 1.85. The van der Waals surface area contributed by atoms with Gasteiger partial charge in [0.05, 0.1) is 11.4 Å². The van der Waals surface area contributed by atoms with Crippen molar-refractivity contribution < 1.29 is 9.59 Å². The zero-order chi connectivity index (χ0) is 20.7. The number of carbonyl (C=O) groups is 2. The zero-order valence-corrected chi connectivity index (χ0v) is 17.9. The number of aromatic nitrogens is 1. The van der Waals surface area contributed by atoms with E-state index in [2.05, 4.69) is 24.0 Å². The van der Waals surface area contributed by atoms with Gasteiger partial charge in [0.1, 0.15) is 0 Å². The third kappa shape index (κ3) is 3.12. The van der Waals surface area contributed by atoms with Crippen LogP contribution in [0.5, 0.6) is 0 Å². The largest absolute Gasteiger partial charge is 0.343 e. The molecule has 1 aliphatic heterocycles. The molecule has 0 saturated heterocycles. The van der Waals surface area contributed by atoms with Crippen LogP contribution in [0.4, 0.5) is 0 Å². The summed E-state index contributed by atoms with van der Waals surface area (Å²) in [6, 6.07) is 6.50. The topological polar surface area (TPSA) is 45.6 Å². The molecule has 0 fully saturated rings. The van der Waals surface area contributed by atoms with Gasteiger partial charge in [-0.1, -0.05) is 32.1 Å². The Morgan fingerprint density at radius 1 is 1.14 bits per heavy atom. The summed E-state index contributed by atoms with van der Waals surface area (Å²) >= 11 is 0. The summed E-state index contributed by atoms with van der Waals surface area (Å²) in [5.41, 5.74) is 4.67. The first-order chi connectivity index (χ1) is 14.0. The van der Waals surface area contributed by atoms with Gasteiger partial charge in [-0.15, -0.1) is 0 Å². The van der Waals surface area contributed by atoms with Crippen LogP contribution in [0.1, 0.15) is 50.0 Å². The molecule has 0 radical (unpaired) electrons. The molecule has 154 valence electrons. The van der Waals surface area contributed by atoms with E-state index in [1.807, 2.05) is 48.6 Å². The SMILES string of the molecule is CCC(=O)n1cc2c3c(cccc31)C1=CC(C(=O)N(CC)CC)CN(CC)C1C2. The van der Waals surface area contributed by atoms with Crippen molar-refractivity contribution in [3.63, 3.8) is 0 Å². The van der Waals surface area contributed by atoms with Crippen LogP contribution in [-0.4, -0.2) is 58.4 Å². The summed E-state index contributed by atoms with van der Waals surface area (Å²) < 4.78 is 1.82. The molecule has 1 aromatic heterocycles. The van der Waals surface area contributed by atoms with Gasteiger partial charge in [0.15, 0.2) is 0 Å². The Bertz CT molecular complexity index is 983. The molecular weight excluding hydrogens is 362 g/mol. The number of fused-ring (bicyclic) bond motifs is 2. The van der Waals surface area contributed by atoms with Gasteiger partial charge in [0, 0.05) is 43.7 Å². The lowest BCUT2D eigenvalue weighted by atomic mass is 9.79. The average molecular weight is 394 g/mol. The summed E-state index contributed by atoms with van der Waals surface area (Å²) in [6.45, 7) is 11.3. The number of nitrogens with zero attached hydrogens (tertiary/aromatic N) is 3. The highest BCUT2D eigenvalue weighted by Gasteiger charge is 2.38. The normalized spacial score (nSPS) is 21.0. The Morgan fingerprint density at radius 2 is 1.90 bits per heavy atom. The molecule has 1 aromatic carbocycles. The molecule has 0 N–H and O–H groups in total. The van der Waals surface area contributed by atoms with E-state index in [-0.39, 0.29) is 23.8 Å². The predicted octanol–water partition coefficient (Wildman–Crippen LogP) is 3.82. The molecule has 2 unspecified atom stereocenters. The Kier molecular flexibility index (Phi) is 5.34. The minimum atomic E-state index is -0.114. The van der Waals surface area contributed by atoms with Gasteiger partial charge >= 0.3 is 0 Å². The van der Waals surface area contributed by atoms with E-state index in [1.54, 1.807) is 0 Å². The molecule has 29 heavy (non-hydrogen) atoms. The molecule has 0 saturated carbocycles. The Labute approximate surface area is 173 Å². The van der Waals surface area contributed by atoms with Crippen molar-refractivity contribution >= 4 is 28.3 Å². The van der Waals surface area contributed by atoms with Crippen molar-refractivity contribution in [3.05, 3.63) is 41.6 Å². The summed E-state index contributed by atoms with van der Waals surface area (Å²) in [4.78, 5) is 30.0. The van der Waals surface area contributed by atoms with Gasteiger partial charge in [0.25, 0.3) is 0 Å². The lowest BCUT2D eigenvalue weighted by molar-refractivity contribution is -0.134. The van der Waals surface area contributed by atoms with Gasteiger partial charge in [0.2, 0.25) is 11.8 Å². The molecule has 2 heterocycles. The smallest absolute Gasteiger partial charge is 0.230 e. The van der Waals surface area contributed by atoms with Crippen LogP contribution in [0.3, 0.4) is 0 Å². The first-order valence-corrected chi connectivity index (χ1v) is 10.9. The number of hydrogen-bond donors (Lipinski definition) is 0. The van der Waals surface area contributed by atoms with E-state index in [4.69, 9.17) is 0 Å². The Morgan fingerprint density at radius 3 is 2.55 bits per heavy atom. The van der Waals surface area contributed by atoms with E-state index < -0.39 is 0 Å². The monoisotopic (exact) mass is 393 g/mol. The van der Waals surface area contributed by atoms with E-state index in [0.29, 0.717) is 6.42 Å². The fourth-order valence-electron chi connectivity index (χ4n) is 5.08. The van der Waals surface area contributed by atoms with E-state index in [1.165, 1.54) is 22.1 Å². The third-order valence-electron chi connectivity index (χ3n) is 6.61. The Hall–Kier alpha value is -2.40. The maximum atomic E-state index is 13.1. The summed E-state index contributed by atoms with van der Waals surface area (Å²) in [5, 5.41) is 1.18. The van der Waals surface area contributed by atoms with Crippen LogP contribution in [-0.2, 0) is 11.2 Å². The van der Waals surface area contributed by atoms with Gasteiger partial charge in [-0.25, -0.2) is 0 Å². The summed E-state index contributed by atoms with van der Waals surface area (Å²) in [6.07, 6.45) is 5.64. The van der Waals surface area contributed by atoms with E-state index >= 15 is 0 Å². The maximum absolute atomic E-state index is 13.1. The lowest BCUT2D eigenvalue weighted by Gasteiger charge is -2.42. The number of carbonyl (C=O) groups excluding carboxylic acids is 2. The van der Waals surface area contributed by atoms with E-state index in [0.717, 1.165) is 38.1 Å². The highest BCUT2D eigenvalue weighted by atomic mass is 16.2. The van der Waals surface area contributed by atoms with Crippen molar-refractivity contribution in [2.24, 2.45) is 5.92 Å². The quantitative estimate of drug-likeness (QED) is 0.776. The molecule has 4 rings (SSSR count). The van der Waals surface area contributed by atoms with Gasteiger partial charge in [-0.2, -0.15) is 0 Å². The number of likely N-dealkylation sites (N-methyl/N-ethyl adjacent to an activating group) is 1. The van der Waals surface area contributed by atoms with Gasteiger partial charge < -0.3 is 4.90 Å². The first-order valence-electron chi connectivity index (χ1n) is 10.9. The lowest BCUT2D eigenvalue weighted by Crippen LogP contribution is -2.49. The van der Waals surface area contributed by atoms with Gasteiger partial charge in [-0.3, -0.25) is 19.1 Å². The zero-order valence-electron chi connectivity index (χ0n) is 17.9. The highest BCUT2D eigenvalue weighted by molar-refractivity contribution is 6.03. The van der Waals surface area contributed by atoms with Crippen LogP contribution in [0.2, 0.25) is 0 Å². The fourth-order valence-corrected chi connectivity index (χ4v) is 5.08. The second kappa shape index (κ2) is 7.79. The van der Waals surface area contributed by atoms with Crippen LogP contribution in [0.25, 0.3) is 16.5 Å². The van der Waals surface area contributed by atoms with Crippen molar-refractivity contribution in [1.29, 1.82) is 0 Å². The van der Waals surface area contributed by atoms with Crippen LogP contribution >= 0.6 is 0 Å². The van der Waals surface area contributed by atoms with Crippen LogP contribution in [0, 0.1) is 5.92 Å². The molecule has 5 nitrogen and oxygen atoms in total. The number of rotatable bonds is 5. The minimum Gasteiger partial charge on any atom is -0.343 e. The maximum Gasteiger partial charge on any atom is 0.230 e. The summed E-state index contributed by atoms with van der Waals surface area (Å²) in [5.74, 6) is 0.229. The van der Waals surface area contributed by atoms with Crippen LogP contribution in [0.15, 0.2) is 30.5 Å². The molecule has 1 aliphatic carbocycles. The molecule has 2 aromatic rings. The van der Waals surface area contributed by atoms with Crippen molar-refractivity contribution in [2.75, 3.05) is 26.2 Å². The van der Waals surface area contributed by atoms with Crippen LogP contribution < -0.4 is 0 Å². The number of hydrogen-bond acceptors (Lipinski definition) is 3. The fraction of sp³-hybridized carbons (Fsp3) is 0.500. The summed E-state index contributed by atoms with van der Waals surface area (Å²) in [7, 11) is 0. The van der Waals surface area contributed by atoms with Gasteiger partial charge in [-0.05, 0) is 49.6 Å². The minimum absolute atomic E-state index is 0.114. The number of amides is 1. The second-order valence-corrected chi connectivity index (χ2v) is 8.02. The molecule has 0 spiro atoms. The molecule has 5 heteroatoms. The predicted molar refractivity (Wildman–Crippen MR) is 117 cm³/mol. The standard InChI is InChI=1S/C24H31N3O2/c1-5-22(28)27-15-16-13-21-19(18-10-9-11-20(27)23(16)18)12-17(14-26(21)8-4)24(29)25(6-2)7-3/h9-12,15,17,21H,5-8,13-14H2,1-4H3. The van der Waals surface area contributed by atoms with Crippen molar-refractivity contribution in [2.45, 2.75) is 46.6 Å². The van der Waals surface area contributed by atoms with Crippen molar-refractivity contribution in [3.8, 4) is 0 Å². The molecule has 2 atom stereocenters.